The molecule has 0 aliphatic carbocycles. The van der Waals surface area contributed by atoms with E-state index >= 15 is 0 Å². The number of hydrogen-bond acceptors (Lipinski definition) is 6. The topological polar surface area (TPSA) is 67.8 Å². The minimum Gasteiger partial charge on any atom is -0.444 e. The van der Waals surface area contributed by atoms with Crippen molar-refractivity contribution < 1.29 is 27.4 Å². The summed E-state index contributed by atoms with van der Waals surface area (Å²) in [5.74, 6) is -1.02. The second-order valence-electron chi connectivity index (χ2n) is 7.33. The molecule has 0 atom stereocenters. The van der Waals surface area contributed by atoms with Crippen LogP contribution in [0.4, 0.5) is 23.8 Å². The molecule has 1 aromatic heterocycles. The molecule has 1 saturated heterocycles. The number of amides is 1. The summed E-state index contributed by atoms with van der Waals surface area (Å²) in [6.07, 6.45) is 0.890. The van der Waals surface area contributed by atoms with Crippen LogP contribution in [0.5, 0.6) is 5.75 Å². The highest BCUT2D eigenvalue weighted by atomic mass is 19.3. The van der Waals surface area contributed by atoms with E-state index in [0.717, 1.165) is 12.1 Å². The third-order valence-corrected chi connectivity index (χ3v) is 4.11. The Kier molecular flexibility index (Phi) is 5.48. The molecular weight excluding hydrogens is 377 g/mol. The number of fused-ring (bicyclic) bond motifs is 1. The van der Waals surface area contributed by atoms with Crippen molar-refractivity contribution in [3.8, 4) is 5.75 Å². The summed E-state index contributed by atoms with van der Waals surface area (Å²) in [5.41, 5.74) is -0.288. The van der Waals surface area contributed by atoms with E-state index in [1.807, 2.05) is 4.90 Å². The zero-order valence-electron chi connectivity index (χ0n) is 15.8. The largest absolute Gasteiger partial charge is 0.444 e. The van der Waals surface area contributed by atoms with Crippen molar-refractivity contribution in [3.05, 3.63) is 24.3 Å². The molecule has 0 saturated carbocycles. The number of rotatable bonds is 3. The molecule has 2 heterocycles. The minimum absolute atomic E-state index is 0.289. The van der Waals surface area contributed by atoms with Crippen LogP contribution >= 0.6 is 0 Å². The lowest BCUT2D eigenvalue weighted by molar-refractivity contribution is -0.0520. The summed E-state index contributed by atoms with van der Waals surface area (Å²) < 4.78 is 48.5. The molecule has 1 aromatic carbocycles. The van der Waals surface area contributed by atoms with E-state index in [1.54, 1.807) is 25.7 Å². The normalized spacial score (nSPS) is 15.2. The van der Waals surface area contributed by atoms with Gasteiger partial charge in [-0.25, -0.2) is 19.2 Å². The molecular formula is C18H21F3N4O3. The molecule has 152 valence electrons. The van der Waals surface area contributed by atoms with Crippen LogP contribution in [0.15, 0.2) is 18.5 Å². The average Bonchev–Trinajstić information content (AvgIpc) is 2.60. The van der Waals surface area contributed by atoms with Crippen molar-refractivity contribution in [1.82, 2.24) is 14.9 Å². The number of hydrogen-bond donors (Lipinski definition) is 0. The van der Waals surface area contributed by atoms with Crippen molar-refractivity contribution in [2.45, 2.75) is 33.0 Å². The number of anilines is 1. The van der Waals surface area contributed by atoms with Gasteiger partial charge in [0.25, 0.3) is 0 Å². The van der Waals surface area contributed by atoms with E-state index in [9.17, 15) is 18.0 Å². The Morgan fingerprint density at radius 3 is 2.43 bits per heavy atom. The standard InChI is InChI=1S/C18H21F3N4O3/c1-18(2,3)28-17(26)25-6-4-24(5-7-25)15-11-8-12(19)14(27-16(20)21)9-13(11)22-10-23-15/h8-10,16H,4-7H2,1-3H3. The van der Waals surface area contributed by atoms with Crippen molar-refractivity contribution in [1.29, 1.82) is 0 Å². The monoisotopic (exact) mass is 398 g/mol. The van der Waals surface area contributed by atoms with E-state index in [1.165, 1.54) is 6.33 Å². The highest BCUT2D eigenvalue weighted by Gasteiger charge is 2.27. The average molecular weight is 398 g/mol. The van der Waals surface area contributed by atoms with Gasteiger partial charge in [0.05, 0.1) is 5.52 Å². The molecule has 28 heavy (non-hydrogen) atoms. The number of halogens is 3. The molecule has 1 fully saturated rings. The van der Waals surface area contributed by atoms with Gasteiger partial charge in [-0.2, -0.15) is 8.78 Å². The molecule has 0 N–H and O–H groups in total. The van der Waals surface area contributed by atoms with Crippen LogP contribution in [-0.4, -0.2) is 59.4 Å². The van der Waals surface area contributed by atoms with Gasteiger partial charge in [0, 0.05) is 37.6 Å². The molecule has 1 aliphatic rings. The Morgan fingerprint density at radius 2 is 1.82 bits per heavy atom. The molecule has 3 rings (SSSR count). The minimum atomic E-state index is -3.13. The molecule has 0 bridgehead atoms. The summed E-state index contributed by atoms with van der Waals surface area (Å²) >= 11 is 0. The summed E-state index contributed by atoms with van der Waals surface area (Å²) in [7, 11) is 0. The molecule has 0 unspecified atom stereocenters. The third-order valence-electron chi connectivity index (χ3n) is 4.11. The number of alkyl halides is 2. The fraction of sp³-hybridized carbons (Fsp3) is 0.500. The van der Waals surface area contributed by atoms with E-state index in [-0.39, 0.29) is 11.6 Å². The predicted molar refractivity (Wildman–Crippen MR) is 96.1 cm³/mol. The van der Waals surface area contributed by atoms with Gasteiger partial charge < -0.3 is 19.3 Å². The lowest BCUT2D eigenvalue weighted by atomic mass is 10.2. The highest BCUT2D eigenvalue weighted by Crippen LogP contribution is 2.30. The van der Waals surface area contributed by atoms with Crippen LogP contribution in [-0.2, 0) is 4.74 Å². The van der Waals surface area contributed by atoms with Crippen LogP contribution < -0.4 is 9.64 Å². The zero-order valence-corrected chi connectivity index (χ0v) is 15.8. The van der Waals surface area contributed by atoms with Crippen LogP contribution in [0, 0.1) is 5.82 Å². The zero-order chi connectivity index (χ0) is 20.5. The van der Waals surface area contributed by atoms with Crippen LogP contribution in [0.2, 0.25) is 0 Å². The van der Waals surface area contributed by atoms with Gasteiger partial charge in [-0.1, -0.05) is 0 Å². The Bertz CT molecular complexity index is 865. The second kappa shape index (κ2) is 7.69. The van der Waals surface area contributed by atoms with Gasteiger partial charge in [0.15, 0.2) is 11.6 Å². The highest BCUT2D eigenvalue weighted by molar-refractivity contribution is 5.90. The Morgan fingerprint density at radius 1 is 1.14 bits per heavy atom. The molecule has 0 spiro atoms. The van der Waals surface area contributed by atoms with Gasteiger partial charge >= 0.3 is 12.7 Å². The first-order valence-electron chi connectivity index (χ1n) is 8.76. The van der Waals surface area contributed by atoms with E-state index in [2.05, 4.69) is 14.7 Å². The molecule has 1 aliphatic heterocycles. The maximum atomic E-state index is 14.2. The fourth-order valence-electron chi connectivity index (χ4n) is 2.91. The summed E-state index contributed by atoms with van der Waals surface area (Å²) in [6.45, 7) is 4.02. The third kappa shape index (κ3) is 4.55. The number of aromatic nitrogens is 2. The van der Waals surface area contributed by atoms with Crippen molar-refractivity contribution in [2.75, 3.05) is 31.1 Å². The van der Waals surface area contributed by atoms with Crippen molar-refractivity contribution in [3.63, 3.8) is 0 Å². The van der Waals surface area contributed by atoms with Gasteiger partial charge in [-0.3, -0.25) is 0 Å². The number of nitrogens with zero attached hydrogens (tertiary/aromatic N) is 4. The van der Waals surface area contributed by atoms with Crippen molar-refractivity contribution >= 4 is 22.8 Å². The molecule has 1 amide bonds. The number of ether oxygens (including phenoxy) is 2. The quantitative estimate of drug-likeness (QED) is 0.789. The lowest BCUT2D eigenvalue weighted by Gasteiger charge is -2.36. The summed E-state index contributed by atoms with van der Waals surface area (Å²) in [5, 5.41) is 0.382. The molecule has 10 heteroatoms. The van der Waals surface area contributed by atoms with Gasteiger partial charge in [-0.05, 0) is 26.8 Å². The fourth-order valence-corrected chi connectivity index (χ4v) is 2.91. The first-order chi connectivity index (χ1) is 13.1. The maximum Gasteiger partial charge on any atom is 0.410 e. The van der Waals surface area contributed by atoms with Gasteiger partial charge in [0.2, 0.25) is 0 Å². The number of benzene rings is 1. The Hall–Kier alpha value is -2.78. The number of carbonyl (C=O) groups is 1. The van der Waals surface area contributed by atoms with Gasteiger partial charge in [0.1, 0.15) is 17.7 Å². The first kappa shape index (κ1) is 20.0. The number of piperazine rings is 1. The molecule has 0 radical (unpaired) electrons. The molecule has 7 nitrogen and oxygen atoms in total. The summed E-state index contributed by atoms with van der Waals surface area (Å²) in [4.78, 5) is 23.9. The Labute approximate surface area is 160 Å². The Balaban J connectivity index is 1.78. The van der Waals surface area contributed by atoms with E-state index in [4.69, 9.17) is 4.74 Å². The van der Waals surface area contributed by atoms with Crippen molar-refractivity contribution in [2.24, 2.45) is 0 Å². The SMILES string of the molecule is CC(C)(C)OC(=O)N1CCN(c2ncnc3cc(OC(F)F)c(F)cc23)CC1. The number of carbonyl (C=O) groups excluding carboxylic acids is 1. The van der Waals surface area contributed by atoms with E-state index < -0.39 is 23.8 Å². The van der Waals surface area contributed by atoms with Crippen LogP contribution in [0.1, 0.15) is 20.8 Å². The lowest BCUT2D eigenvalue weighted by Crippen LogP contribution is -2.50. The summed E-state index contributed by atoms with van der Waals surface area (Å²) in [6, 6.07) is 2.21. The van der Waals surface area contributed by atoms with Gasteiger partial charge in [-0.15, -0.1) is 0 Å². The maximum absolute atomic E-state index is 14.2. The molecule has 2 aromatic rings. The van der Waals surface area contributed by atoms with Crippen LogP contribution in [0.3, 0.4) is 0 Å². The van der Waals surface area contributed by atoms with E-state index in [0.29, 0.717) is 37.4 Å². The second-order valence-corrected chi connectivity index (χ2v) is 7.33. The first-order valence-corrected chi connectivity index (χ1v) is 8.76. The predicted octanol–water partition coefficient (Wildman–Crippen LogP) is 3.43. The van der Waals surface area contributed by atoms with Crippen LogP contribution in [0.25, 0.3) is 10.9 Å². The smallest absolute Gasteiger partial charge is 0.410 e.